The first-order chi connectivity index (χ1) is 14.7. The molecule has 1 fully saturated rings. The second kappa shape index (κ2) is 9.78. The summed E-state index contributed by atoms with van der Waals surface area (Å²) in [7, 11) is -3.21. The van der Waals surface area contributed by atoms with E-state index in [-0.39, 0.29) is 17.7 Å². The van der Waals surface area contributed by atoms with Gasteiger partial charge in [-0.2, -0.15) is 5.10 Å². The molecule has 2 aromatic rings. The number of rotatable bonds is 7. The molecule has 8 heteroatoms. The average molecular weight is 445 g/mol. The lowest BCUT2D eigenvalue weighted by Gasteiger charge is -2.31. The monoisotopic (exact) mass is 444 g/mol. The van der Waals surface area contributed by atoms with Crippen LogP contribution in [0.2, 0.25) is 0 Å². The number of aryl methyl sites for hydroxylation is 2. The minimum Gasteiger partial charge on any atom is -0.339 e. The lowest BCUT2D eigenvalue weighted by Crippen LogP contribution is -2.46. The van der Waals surface area contributed by atoms with Crippen LogP contribution in [-0.4, -0.2) is 53.9 Å². The number of hydrogen-bond donors (Lipinski definition) is 1. The SMILES string of the molecule is CCS(=O)(=O)NC1CCN(C(=O)C=Cc2c(C)nn(Cc3ccc(C)cc3)c2C)CC1. The zero-order valence-electron chi connectivity index (χ0n) is 18.8. The van der Waals surface area contributed by atoms with Gasteiger partial charge in [0.2, 0.25) is 15.9 Å². The summed E-state index contributed by atoms with van der Waals surface area (Å²) in [6.07, 6.45) is 4.71. The van der Waals surface area contributed by atoms with E-state index in [9.17, 15) is 13.2 Å². The van der Waals surface area contributed by atoms with Crippen LogP contribution in [0.5, 0.6) is 0 Å². The van der Waals surface area contributed by atoms with Gasteiger partial charge in [-0.05, 0) is 52.2 Å². The van der Waals surface area contributed by atoms with Crippen molar-refractivity contribution in [1.29, 1.82) is 0 Å². The van der Waals surface area contributed by atoms with Gasteiger partial charge in [-0.3, -0.25) is 9.48 Å². The molecule has 1 saturated heterocycles. The van der Waals surface area contributed by atoms with E-state index in [0.29, 0.717) is 32.5 Å². The Morgan fingerprint density at radius 3 is 2.42 bits per heavy atom. The molecular formula is C23H32N4O3S. The number of carbonyl (C=O) groups excluding carboxylic acids is 1. The summed E-state index contributed by atoms with van der Waals surface area (Å²) >= 11 is 0. The molecule has 168 valence electrons. The second-order valence-corrected chi connectivity index (χ2v) is 10.2. The first kappa shape index (κ1) is 23.2. The fraction of sp³-hybridized carbons (Fsp3) is 0.478. The van der Waals surface area contributed by atoms with Gasteiger partial charge in [0, 0.05) is 36.5 Å². The maximum atomic E-state index is 12.6. The van der Waals surface area contributed by atoms with E-state index in [1.165, 1.54) is 11.1 Å². The van der Waals surface area contributed by atoms with E-state index in [1.807, 2.05) is 24.6 Å². The van der Waals surface area contributed by atoms with Gasteiger partial charge in [0.1, 0.15) is 0 Å². The van der Waals surface area contributed by atoms with Gasteiger partial charge in [0.15, 0.2) is 0 Å². The highest BCUT2D eigenvalue weighted by Crippen LogP contribution is 2.18. The highest BCUT2D eigenvalue weighted by Gasteiger charge is 2.24. The summed E-state index contributed by atoms with van der Waals surface area (Å²) in [4.78, 5) is 14.4. The van der Waals surface area contributed by atoms with Crippen molar-refractivity contribution in [3.05, 3.63) is 58.4 Å². The predicted octanol–water partition coefficient (Wildman–Crippen LogP) is 2.80. The minimum atomic E-state index is -3.21. The molecule has 1 aliphatic heterocycles. The molecule has 1 amide bonds. The lowest BCUT2D eigenvalue weighted by molar-refractivity contribution is -0.126. The predicted molar refractivity (Wildman–Crippen MR) is 123 cm³/mol. The van der Waals surface area contributed by atoms with Crippen LogP contribution in [0.3, 0.4) is 0 Å². The topological polar surface area (TPSA) is 84.3 Å². The van der Waals surface area contributed by atoms with Crippen molar-refractivity contribution in [2.24, 2.45) is 0 Å². The van der Waals surface area contributed by atoms with Crippen LogP contribution in [0.1, 0.15) is 47.8 Å². The number of piperidine rings is 1. The number of benzene rings is 1. The van der Waals surface area contributed by atoms with Crippen LogP contribution in [0, 0.1) is 20.8 Å². The van der Waals surface area contributed by atoms with Crippen LogP contribution >= 0.6 is 0 Å². The van der Waals surface area contributed by atoms with Crippen molar-refractivity contribution in [2.45, 2.75) is 53.1 Å². The summed E-state index contributed by atoms with van der Waals surface area (Å²) in [5, 5.41) is 4.65. The Morgan fingerprint density at radius 1 is 1.16 bits per heavy atom. The molecule has 2 heterocycles. The Hall–Kier alpha value is -2.45. The van der Waals surface area contributed by atoms with Crippen LogP contribution in [-0.2, 0) is 21.4 Å². The smallest absolute Gasteiger partial charge is 0.246 e. The molecule has 0 atom stereocenters. The molecule has 1 aromatic carbocycles. The molecule has 1 aromatic heterocycles. The number of nitrogens with zero attached hydrogens (tertiary/aromatic N) is 3. The molecular weight excluding hydrogens is 412 g/mol. The molecule has 0 saturated carbocycles. The highest BCUT2D eigenvalue weighted by molar-refractivity contribution is 7.89. The number of carbonyl (C=O) groups is 1. The maximum absolute atomic E-state index is 12.6. The Labute approximate surface area is 185 Å². The van der Waals surface area contributed by atoms with Gasteiger partial charge < -0.3 is 4.90 Å². The zero-order chi connectivity index (χ0) is 22.6. The second-order valence-electron chi connectivity index (χ2n) is 8.18. The number of likely N-dealkylation sites (tertiary alicyclic amines) is 1. The van der Waals surface area contributed by atoms with Gasteiger partial charge in [-0.15, -0.1) is 0 Å². The zero-order valence-corrected chi connectivity index (χ0v) is 19.6. The third kappa shape index (κ3) is 6.04. The molecule has 1 N–H and O–H groups in total. The number of sulfonamides is 1. The van der Waals surface area contributed by atoms with Crippen molar-refractivity contribution in [3.63, 3.8) is 0 Å². The van der Waals surface area contributed by atoms with E-state index in [4.69, 9.17) is 0 Å². The highest BCUT2D eigenvalue weighted by atomic mass is 32.2. The number of nitrogens with one attached hydrogen (secondary N) is 1. The summed E-state index contributed by atoms with van der Waals surface area (Å²) in [6.45, 7) is 9.45. The number of amides is 1. The van der Waals surface area contributed by atoms with E-state index in [1.54, 1.807) is 17.9 Å². The van der Waals surface area contributed by atoms with Crippen molar-refractivity contribution >= 4 is 22.0 Å². The van der Waals surface area contributed by atoms with E-state index in [0.717, 1.165) is 17.0 Å². The van der Waals surface area contributed by atoms with Crippen LogP contribution < -0.4 is 4.72 Å². The Balaban J connectivity index is 1.61. The fourth-order valence-corrected chi connectivity index (χ4v) is 4.70. The largest absolute Gasteiger partial charge is 0.339 e. The average Bonchev–Trinajstić information content (AvgIpc) is 3.00. The Morgan fingerprint density at radius 2 is 1.81 bits per heavy atom. The third-order valence-corrected chi connectivity index (χ3v) is 7.27. The Bertz CT molecular complexity index is 1050. The molecule has 0 bridgehead atoms. The van der Waals surface area contributed by atoms with Crippen LogP contribution in [0.4, 0.5) is 0 Å². The first-order valence-corrected chi connectivity index (χ1v) is 12.4. The van der Waals surface area contributed by atoms with Gasteiger partial charge in [0.05, 0.1) is 18.0 Å². The van der Waals surface area contributed by atoms with Gasteiger partial charge in [0.25, 0.3) is 0 Å². The van der Waals surface area contributed by atoms with Crippen molar-refractivity contribution in [3.8, 4) is 0 Å². The summed E-state index contributed by atoms with van der Waals surface area (Å²) in [5.74, 6) is 0.0208. The summed E-state index contributed by atoms with van der Waals surface area (Å²) in [6, 6.07) is 8.31. The molecule has 0 unspecified atom stereocenters. The van der Waals surface area contributed by atoms with E-state index >= 15 is 0 Å². The summed E-state index contributed by atoms with van der Waals surface area (Å²) < 4.78 is 28.1. The quantitative estimate of drug-likeness (QED) is 0.666. The van der Waals surface area contributed by atoms with Gasteiger partial charge in [-0.1, -0.05) is 29.8 Å². The molecule has 0 aliphatic carbocycles. The van der Waals surface area contributed by atoms with Crippen molar-refractivity contribution < 1.29 is 13.2 Å². The van der Waals surface area contributed by atoms with Crippen molar-refractivity contribution in [1.82, 2.24) is 19.4 Å². The minimum absolute atomic E-state index is 0.0538. The van der Waals surface area contributed by atoms with Crippen molar-refractivity contribution in [2.75, 3.05) is 18.8 Å². The fourth-order valence-electron chi connectivity index (χ4n) is 3.79. The lowest BCUT2D eigenvalue weighted by atomic mass is 10.1. The number of hydrogen-bond acceptors (Lipinski definition) is 4. The van der Waals surface area contributed by atoms with Crippen LogP contribution in [0.25, 0.3) is 6.08 Å². The van der Waals surface area contributed by atoms with Crippen LogP contribution in [0.15, 0.2) is 30.3 Å². The molecule has 3 rings (SSSR count). The normalized spacial score (nSPS) is 15.7. The Kier molecular flexibility index (Phi) is 7.33. The van der Waals surface area contributed by atoms with E-state index in [2.05, 4.69) is 41.0 Å². The summed E-state index contributed by atoms with van der Waals surface area (Å²) in [5.41, 5.74) is 5.29. The third-order valence-electron chi connectivity index (χ3n) is 5.82. The molecule has 1 aliphatic rings. The number of aromatic nitrogens is 2. The molecule has 31 heavy (non-hydrogen) atoms. The maximum Gasteiger partial charge on any atom is 0.246 e. The first-order valence-electron chi connectivity index (χ1n) is 10.7. The van der Waals surface area contributed by atoms with E-state index < -0.39 is 10.0 Å². The molecule has 0 radical (unpaired) electrons. The molecule has 7 nitrogen and oxygen atoms in total. The standard InChI is InChI=1S/C23H32N4O3S/c1-5-31(29,30)25-21-12-14-26(15-13-21)23(28)11-10-22-18(3)24-27(19(22)4)16-20-8-6-17(2)7-9-20/h6-11,21,25H,5,12-16H2,1-4H3. The molecule has 0 spiro atoms. The van der Waals surface area contributed by atoms with Gasteiger partial charge >= 0.3 is 0 Å². The van der Waals surface area contributed by atoms with Gasteiger partial charge in [-0.25, -0.2) is 13.1 Å².